The highest BCUT2D eigenvalue weighted by molar-refractivity contribution is 6.30. The maximum absolute atomic E-state index is 15.3. The van der Waals surface area contributed by atoms with E-state index in [9.17, 15) is 4.79 Å². The number of hydrogen-bond acceptors (Lipinski definition) is 6. The van der Waals surface area contributed by atoms with E-state index in [-0.39, 0.29) is 42.2 Å². The predicted molar refractivity (Wildman–Crippen MR) is 218 cm³/mol. The van der Waals surface area contributed by atoms with Crippen molar-refractivity contribution in [2.24, 2.45) is 4.99 Å². The smallest absolute Gasteiger partial charge is 0.326 e. The number of rotatable bonds is 7. The van der Waals surface area contributed by atoms with Crippen LogP contribution in [-0.2, 0) is 26.0 Å². The summed E-state index contributed by atoms with van der Waals surface area (Å²) in [5.74, 6) is 1.30. The van der Waals surface area contributed by atoms with E-state index in [0.29, 0.717) is 87.3 Å². The van der Waals surface area contributed by atoms with Gasteiger partial charge in [-0.05, 0) is 79.3 Å². The minimum Gasteiger partial charge on any atom is -0.493 e. The second-order valence-corrected chi connectivity index (χ2v) is 15.7. The van der Waals surface area contributed by atoms with Crippen LogP contribution in [-0.4, -0.2) is 103 Å². The molecule has 0 saturated carbocycles. The van der Waals surface area contributed by atoms with Crippen LogP contribution in [0.2, 0.25) is 10.0 Å². The summed E-state index contributed by atoms with van der Waals surface area (Å²) in [5, 5.41) is 1.22. The molecule has 0 radical (unpaired) electrons. The normalized spacial score (nSPS) is 22.1. The van der Waals surface area contributed by atoms with E-state index in [0.717, 1.165) is 22.3 Å². The fourth-order valence-electron chi connectivity index (χ4n) is 7.36. The molecule has 3 aromatic rings. The zero-order valence-corrected chi connectivity index (χ0v) is 34.5. The number of morpholine rings is 1. The van der Waals surface area contributed by atoms with Gasteiger partial charge in [-0.25, -0.2) is 4.79 Å². The first kappa shape index (κ1) is 42.7. The van der Waals surface area contributed by atoms with Crippen LogP contribution in [0.5, 0.6) is 5.75 Å². The number of piperazine rings is 1. The first-order valence-corrected chi connectivity index (χ1v) is 18.6. The summed E-state index contributed by atoms with van der Waals surface area (Å²) in [5.41, 5.74) is 1.59. The third kappa shape index (κ3) is 8.46. The summed E-state index contributed by atoms with van der Waals surface area (Å²) in [6, 6.07) is 21.4. The minimum atomic E-state index is -1.01. The van der Waals surface area contributed by atoms with E-state index in [2.05, 4.69) is 51.7 Å². The van der Waals surface area contributed by atoms with Gasteiger partial charge in [0.2, 0.25) is 5.91 Å². The van der Waals surface area contributed by atoms with Crippen molar-refractivity contribution < 1.29 is 19.1 Å². The van der Waals surface area contributed by atoms with Gasteiger partial charge in [-0.1, -0.05) is 74.3 Å². The quantitative estimate of drug-likeness (QED) is 0.242. The van der Waals surface area contributed by atoms with Gasteiger partial charge >= 0.3 is 6.03 Å². The molecule has 0 spiro atoms. The zero-order valence-electron chi connectivity index (χ0n) is 31.4. The highest BCUT2D eigenvalue weighted by Crippen LogP contribution is 2.54. The van der Waals surface area contributed by atoms with Crippen LogP contribution < -0.4 is 4.74 Å². The summed E-state index contributed by atoms with van der Waals surface area (Å²) < 4.78 is 11.7. The van der Waals surface area contributed by atoms with Crippen molar-refractivity contribution in [1.29, 1.82) is 0 Å². The van der Waals surface area contributed by atoms with Gasteiger partial charge in [0.25, 0.3) is 0 Å². The van der Waals surface area contributed by atoms with Crippen LogP contribution in [0.15, 0.2) is 71.7 Å². The number of ether oxygens (including phenoxy) is 2. The van der Waals surface area contributed by atoms with Crippen molar-refractivity contribution in [3.8, 4) is 5.75 Å². The molecule has 0 N–H and O–H groups in total. The highest BCUT2D eigenvalue weighted by atomic mass is 35.5. The molecule has 2 saturated heterocycles. The molecular formula is C40H51Cl4N5O4. The molecule has 6 rings (SSSR count). The van der Waals surface area contributed by atoms with Crippen molar-refractivity contribution in [3.63, 3.8) is 0 Å². The second kappa shape index (κ2) is 17.2. The molecule has 3 heterocycles. The van der Waals surface area contributed by atoms with Crippen LogP contribution in [0.4, 0.5) is 4.79 Å². The Balaban J connectivity index is 0.00000314. The lowest BCUT2D eigenvalue weighted by atomic mass is 9.71. The van der Waals surface area contributed by atoms with E-state index in [1.165, 1.54) is 0 Å². The summed E-state index contributed by atoms with van der Waals surface area (Å²) in [4.78, 5) is 41.6. The summed E-state index contributed by atoms with van der Waals surface area (Å²) >= 11 is 12.8. The Labute approximate surface area is 336 Å². The highest BCUT2D eigenvalue weighted by Gasteiger charge is 2.60. The predicted octanol–water partition coefficient (Wildman–Crippen LogP) is 8.02. The van der Waals surface area contributed by atoms with Crippen LogP contribution in [0.25, 0.3) is 0 Å². The average molecular weight is 808 g/mol. The molecule has 3 aromatic carbocycles. The van der Waals surface area contributed by atoms with Gasteiger partial charge in [-0.2, -0.15) is 0 Å². The summed E-state index contributed by atoms with van der Waals surface area (Å²) in [7, 11) is 0. The third-order valence-corrected chi connectivity index (χ3v) is 11.2. The van der Waals surface area contributed by atoms with Crippen LogP contribution in [0.3, 0.4) is 0 Å². The number of aliphatic imine (C=N–C) groups is 1. The van der Waals surface area contributed by atoms with E-state index in [1.807, 2.05) is 76.2 Å². The van der Waals surface area contributed by atoms with E-state index >= 15 is 4.79 Å². The molecule has 3 aliphatic heterocycles. The Morgan fingerprint density at radius 1 is 0.811 bits per heavy atom. The number of halogens is 4. The van der Waals surface area contributed by atoms with Crippen molar-refractivity contribution in [2.75, 3.05) is 65.6 Å². The minimum absolute atomic E-state index is 0. The molecule has 2 fully saturated rings. The number of urea groups is 1. The molecule has 0 aromatic heterocycles. The van der Waals surface area contributed by atoms with Gasteiger partial charge in [0.05, 0.1) is 31.9 Å². The maximum atomic E-state index is 15.3. The van der Waals surface area contributed by atoms with Gasteiger partial charge < -0.3 is 19.3 Å². The molecular weight excluding hydrogens is 756 g/mol. The lowest BCUT2D eigenvalue weighted by Crippen LogP contribution is -2.61. The fraction of sp³-hybridized carbons (Fsp3) is 0.475. The lowest BCUT2D eigenvalue weighted by Gasteiger charge is -2.47. The molecule has 0 aliphatic carbocycles. The molecule has 53 heavy (non-hydrogen) atoms. The first-order valence-electron chi connectivity index (χ1n) is 17.8. The Bertz CT molecular complexity index is 1770. The Morgan fingerprint density at radius 2 is 1.38 bits per heavy atom. The largest absolute Gasteiger partial charge is 0.493 e. The summed E-state index contributed by atoms with van der Waals surface area (Å²) in [6.07, 6.45) is 0. The molecule has 13 heteroatoms. The SMILES string of the molecule is CCOc1cc(C(C)(C)C)ccc1C1=N[C@@](C)(c2ccc(Cl)cc2)[C@@](C)(c2ccc(Cl)cc2)N1C(=O)N1CCN(CC(=O)N2CCOCC2)CC1.Cl.Cl. The fourth-order valence-corrected chi connectivity index (χ4v) is 7.61. The van der Waals surface area contributed by atoms with Crippen LogP contribution in [0, 0.1) is 0 Å². The number of amides is 3. The first-order chi connectivity index (χ1) is 24.3. The molecule has 0 bridgehead atoms. The van der Waals surface area contributed by atoms with Crippen LogP contribution >= 0.6 is 48.0 Å². The van der Waals surface area contributed by atoms with Gasteiger partial charge in [-0.15, -0.1) is 24.8 Å². The number of benzene rings is 3. The number of carbonyl (C=O) groups is 2. The monoisotopic (exact) mass is 805 g/mol. The molecule has 2 atom stereocenters. The summed E-state index contributed by atoms with van der Waals surface area (Å²) in [6.45, 7) is 17.9. The Hall–Kier alpha value is -3.05. The topological polar surface area (TPSA) is 77.9 Å². The standard InChI is InChI=1S/C40H49Cl2N5O4.2ClH/c1-7-51-34-26-30(38(2,3)4)12-17-33(34)36-43-39(5,28-8-13-31(41)14-9-28)40(6,29-10-15-32(42)16-11-29)47(36)37(49)46-20-18-44(19-21-46)27-35(48)45-22-24-50-25-23-45;;/h8-17,26H,7,18-25,27H2,1-6H3;2*1H/t39-,40+;;/m0../s1. The second-order valence-electron chi connectivity index (χ2n) is 14.9. The lowest BCUT2D eigenvalue weighted by molar-refractivity contribution is -0.136. The molecule has 9 nitrogen and oxygen atoms in total. The Morgan fingerprint density at radius 3 is 1.92 bits per heavy atom. The van der Waals surface area contributed by atoms with Crippen molar-refractivity contribution in [1.82, 2.24) is 19.6 Å². The van der Waals surface area contributed by atoms with Crippen molar-refractivity contribution in [2.45, 2.75) is 58.0 Å². The van der Waals surface area contributed by atoms with Gasteiger partial charge in [0.15, 0.2) is 0 Å². The van der Waals surface area contributed by atoms with Gasteiger partial charge in [-0.3, -0.25) is 19.6 Å². The van der Waals surface area contributed by atoms with E-state index < -0.39 is 11.1 Å². The van der Waals surface area contributed by atoms with Crippen LogP contribution in [0.1, 0.15) is 63.8 Å². The molecule has 3 aliphatic rings. The average Bonchev–Trinajstić information content (AvgIpc) is 3.36. The number of amidine groups is 1. The molecule has 0 unspecified atom stereocenters. The number of nitrogens with zero attached hydrogens (tertiary/aromatic N) is 5. The van der Waals surface area contributed by atoms with Crippen molar-refractivity contribution in [3.05, 3.63) is 99.0 Å². The van der Waals surface area contributed by atoms with E-state index in [1.54, 1.807) is 0 Å². The van der Waals surface area contributed by atoms with E-state index in [4.69, 9.17) is 37.7 Å². The van der Waals surface area contributed by atoms with Gasteiger partial charge in [0, 0.05) is 49.3 Å². The third-order valence-electron chi connectivity index (χ3n) is 10.7. The molecule has 288 valence electrons. The number of hydrogen-bond donors (Lipinski definition) is 0. The maximum Gasteiger partial charge on any atom is 0.326 e. The van der Waals surface area contributed by atoms with Crippen molar-refractivity contribution >= 4 is 65.8 Å². The number of carbonyl (C=O) groups excluding carboxylic acids is 2. The zero-order chi connectivity index (χ0) is 36.6. The molecule has 3 amide bonds. The Kier molecular flexibility index (Phi) is 13.8. The van der Waals surface area contributed by atoms with Gasteiger partial charge in [0.1, 0.15) is 22.7 Å².